The number of halogens is 1. The maximum atomic E-state index is 6.20. The maximum absolute atomic E-state index is 6.20. The van der Waals surface area contributed by atoms with Crippen LogP contribution in [-0.4, -0.2) is 34.5 Å². The third kappa shape index (κ3) is 2.50. The molecule has 1 rings (SSSR count). The van der Waals surface area contributed by atoms with Crippen molar-refractivity contribution in [1.29, 1.82) is 0 Å². The first-order valence-electron chi connectivity index (χ1n) is 4.89. The van der Waals surface area contributed by atoms with Gasteiger partial charge in [0.05, 0.1) is 0 Å². The number of hydrogen-bond acceptors (Lipinski definition) is 3. The fourth-order valence-electron chi connectivity index (χ4n) is 1.25. The summed E-state index contributed by atoms with van der Waals surface area (Å²) in [6.07, 6.45) is 4.15. The smallest absolute Gasteiger partial charge is 0.196 e. The van der Waals surface area contributed by atoms with Gasteiger partial charge in [-0.3, -0.25) is 5.01 Å². The Morgan fingerprint density at radius 1 is 1.54 bits per heavy atom. The molecule has 13 heavy (non-hydrogen) atoms. The first kappa shape index (κ1) is 10.6. The predicted octanol–water partition coefficient (Wildman–Crippen LogP) is 2.28. The third-order valence-electron chi connectivity index (χ3n) is 2.16. The maximum Gasteiger partial charge on any atom is 0.196 e. The molecular weight excluding hydrogens is 186 g/mol. The highest BCUT2D eigenvalue weighted by Gasteiger charge is 2.26. The van der Waals surface area contributed by atoms with Crippen LogP contribution in [0.3, 0.4) is 0 Å². The molecular formula is C9H18ClN3. The Balaban J connectivity index is 2.41. The zero-order valence-electron chi connectivity index (χ0n) is 8.57. The molecule has 1 aliphatic heterocycles. The van der Waals surface area contributed by atoms with Crippen molar-refractivity contribution in [3.8, 4) is 0 Å². The number of alkyl halides is 1. The highest BCUT2D eigenvalue weighted by Crippen LogP contribution is 2.18. The van der Waals surface area contributed by atoms with Gasteiger partial charge < -0.3 is 4.90 Å². The van der Waals surface area contributed by atoms with E-state index in [-0.39, 0.29) is 5.62 Å². The van der Waals surface area contributed by atoms with E-state index in [2.05, 4.69) is 30.8 Å². The quantitative estimate of drug-likeness (QED) is 0.516. The second-order valence-corrected chi connectivity index (χ2v) is 3.99. The van der Waals surface area contributed by atoms with Crippen LogP contribution in [0.25, 0.3) is 0 Å². The molecule has 0 aromatic rings. The van der Waals surface area contributed by atoms with Crippen molar-refractivity contribution in [2.75, 3.05) is 6.54 Å². The summed E-state index contributed by atoms with van der Waals surface area (Å²) in [5.74, 6) is 0. The summed E-state index contributed by atoms with van der Waals surface area (Å²) >= 11 is 6.20. The zero-order chi connectivity index (χ0) is 9.84. The molecule has 0 bridgehead atoms. The van der Waals surface area contributed by atoms with Crippen LogP contribution in [-0.2, 0) is 0 Å². The van der Waals surface area contributed by atoms with Crippen LogP contribution in [0.2, 0.25) is 0 Å². The van der Waals surface area contributed by atoms with Gasteiger partial charge in [0.2, 0.25) is 0 Å². The van der Waals surface area contributed by atoms with Crippen LogP contribution < -0.4 is 0 Å². The van der Waals surface area contributed by atoms with Crippen molar-refractivity contribution in [3.63, 3.8) is 0 Å². The van der Waals surface area contributed by atoms with Crippen molar-refractivity contribution in [2.24, 2.45) is 5.10 Å². The second-order valence-electron chi connectivity index (χ2n) is 3.60. The van der Waals surface area contributed by atoms with Gasteiger partial charge >= 0.3 is 0 Å². The summed E-state index contributed by atoms with van der Waals surface area (Å²) in [6, 6.07) is 0.415. The van der Waals surface area contributed by atoms with Crippen molar-refractivity contribution in [3.05, 3.63) is 0 Å². The molecule has 4 heteroatoms. The molecule has 0 radical (unpaired) electrons. The van der Waals surface area contributed by atoms with E-state index < -0.39 is 0 Å². The molecule has 0 fully saturated rings. The average Bonchev–Trinajstić information content (AvgIpc) is 2.43. The van der Waals surface area contributed by atoms with E-state index in [1.165, 1.54) is 6.42 Å². The molecule has 0 aliphatic carbocycles. The second kappa shape index (κ2) is 4.70. The lowest BCUT2D eigenvalue weighted by Gasteiger charge is -2.27. The molecule has 1 aliphatic rings. The van der Waals surface area contributed by atoms with E-state index in [0.717, 1.165) is 13.0 Å². The molecule has 0 spiro atoms. The average molecular weight is 204 g/mol. The van der Waals surface area contributed by atoms with Crippen molar-refractivity contribution >= 4 is 17.9 Å². The SMILES string of the molecule is CCCCN1N=CN(C(C)C)C1Cl. The Morgan fingerprint density at radius 2 is 2.23 bits per heavy atom. The Labute approximate surface area is 85.3 Å². The van der Waals surface area contributed by atoms with Crippen LogP contribution in [0.15, 0.2) is 5.10 Å². The Kier molecular flexibility index (Phi) is 3.85. The molecule has 1 unspecified atom stereocenters. The molecule has 0 amide bonds. The van der Waals surface area contributed by atoms with Gasteiger partial charge in [-0.05, 0) is 20.3 Å². The lowest BCUT2D eigenvalue weighted by atomic mass is 10.3. The predicted molar refractivity (Wildman–Crippen MR) is 56.7 cm³/mol. The molecule has 1 atom stereocenters. The summed E-state index contributed by atoms with van der Waals surface area (Å²) in [5, 5.41) is 6.19. The highest BCUT2D eigenvalue weighted by molar-refractivity contribution is 6.21. The lowest BCUT2D eigenvalue weighted by Crippen LogP contribution is -2.39. The number of rotatable bonds is 4. The molecule has 0 N–H and O–H groups in total. The molecule has 0 aromatic carbocycles. The fraction of sp³-hybridized carbons (Fsp3) is 0.889. The van der Waals surface area contributed by atoms with Gasteiger partial charge in [-0.25, -0.2) is 0 Å². The minimum atomic E-state index is -0.0912. The zero-order valence-corrected chi connectivity index (χ0v) is 9.33. The fourth-order valence-corrected chi connectivity index (χ4v) is 1.68. The van der Waals surface area contributed by atoms with Crippen molar-refractivity contribution in [2.45, 2.75) is 45.3 Å². The van der Waals surface area contributed by atoms with Crippen LogP contribution in [0, 0.1) is 0 Å². The lowest BCUT2D eigenvalue weighted by molar-refractivity contribution is 0.176. The number of nitrogens with zero attached hydrogens (tertiary/aromatic N) is 3. The summed E-state index contributed by atoms with van der Waals surface area (Å²) in [7, 11) is 0. The number of unbranched alkanes of at least 4 members (excludes halogenated alkanes) is 1. The van der Waals surface area contributed by atoms with E-state index in [9.17, 15) is 0 Å². The van der Waals surface area contributed by atoms with Gasteiger partial charge in [0.25, 0.3) is 0 Å². The van der Waals surface area contributed by atoms with Crippen LogP contribution >= 0.6 is 11.6 Å². The molecule has 0 saturated carbocycles. The standard InChI is InChI=1S/C9H18ClN3/c1-4-5-6-13-9(10)12(7-11-13)8(2)3/h7-9H,4-6H2,1-3H3. The van der Waals surface area contributed by atoms with Gasteiger partial charge in [0.15, 0.2) is 5.62 Å². The Hall–Kier alpha value is -0.440. The third-order valence-corrected chi connectivity index (χ3v) is 2.61. The Morgan fingerprint density at radius 3 is 2.69 bits per heavy atom. The number of hydrazone groups is 1. The van der Waals surface area contributed by atoms with E-state index in [1.807, 2.05) is 11.3 Å². The van der Waals surface area contributed by atoms with Gasteiger partial charge in [0.1, 0.15) is 6.34 Å². The van der Waals surface area contributed by atoms with Crippen molar-refractivity contribution < 1.29 is 0 Å². The summed E-state index contributed by atoms with van der Waals surface area (Å²) < 4.78 is 0. The van der Waals surface area contributed by atoms with E-state index in [0.29, 0.717) is 6.04 Å². The summed E-state index contributed by atoms with van der Waals surface area (Å²) in [6.45, 7) is 7.35. The molecule has 0 aromatic heterocycles. The van der Waals surface area contributed by atoms with Crippen molar-refractivity contribution in [1.82, 2.24) is 9.91 Å². The monoisotopic (exact) mass is 203 g/mol. The van der Waals surface area contributed by atoms with Crippen LogP contribution in [0.1, 0.15) is 33.6 Å². The van der Waals surface area contributed by atoms with Gasteiger partial charge in [-0.15, -0.1) is 0 Å². The van der Waals surface area contributed by atoms with Gasteiger partial charge in [0, 0.05) is 12.6 Å². The first-order valence-corrected chi connectivity index (χ1v) is 5.32. The minimum Gasteiger partial charge on any atom is -0.324 e. The van der Waals surface area contributed by atoms with Gasteiger partial charge in [-0.2, -0.15) is 5.10 Å². The molecule has 0 saturated heterocycles. The molecule has 76 valence electrons. The highest BCUT2D eigenvalue weighted by atomic mass is 35.5. The topological polar surface area (TPSA) is 18.8 Å². The summed E-state index contributed by atoms with van der Waals surface area (Å²) in [4.78, 5) is 2.05. The minimum absolute atomic E-state index is 0.0912. The normalized spacial score (nSPS) is 22.1. The summed E-state index contributed by atoms with van der Waals surface area (Å²) in [5.41, 5.74) is -0.0912. The molecule has 3 nitrogen and oxygen atoms in total. The van der Waals surface area contributed by atoms with Gasteiger partial charge in [-0.1, -0.05) is 24.9 Å². The van der Waals surface area contributed by atoms with Crippen LogP contribution in [0.5, 0.6) is 0 Å². The van der Waals surface area contributed by atoms with E-state index in [4.69, 9.17) is 11.6 Å². The van der Waals surface area contributed by atoms with Crippen LogP contribution in [0.4, 0.5) is 0 Å². The number of hydrogen-bond donors (Lipinski definition) is 0. The van der Waals surface area contributed by atoms with E-state index >= 15 is 0 Å². The van der Waals surface area contributed by atoms with E-state index in [1.54, 1.807) is 0 Å². The first-order chi connectivity index (χ1) is 6.16. The largest absolute Gasteiger partial charge is 0.324 e. The Bertz CT molecular complexity index is 182. The molecule has 1 heterocycles.